The Morgan fingerprint density at radius 2 is 2.29 bits per heavy atom. The summed E-state index contributed by atoms with van der Waals surface area (Å²) in [7, 11) is 0. The Morgan fingerprint density at radius 1 is 1.57 bits per heavy atom. The Morgan fingerprint density at radius 3 is 2.86 bits per heavy atom. The van der Waals surface area contributed by atoms with E-state index in [4.69, 9.17) is 10.8 Å². The lowest BCUT2D eigenvalue weighted by atomic mass is 9.79. The van der Waals surface area contributed by atoms with Gasteiger partial charge in [-0.2, -0.15) is 12.6 Å². The van der Waals surface area contributed by atoms with Crippen molar-refractivity contribution in [2.45, 2.75) is 38.1 Å². The lowest BCUT2D eigenvalue weighted by Crippen LogP contribution is -2.29. The second-order valence-electron chi connectivity index (χ2n) is 4.25. The molecule has 14 heavy (non-hydrogen) atoms. The van der Waals surface area contributed by atoms with Crippen LogP contribution in [0.5, 0.6) is 0 Å². The van der Waals surface area contributed by atoms with Gasteiger partial charge in [-0.05, 0) is 25.2 Å². The summed E-state index contributed by atoms with van der Waals surface area (Å²) >= 11 is 4.14. The molecule has 0 aliphatic heterocycles. The van der Waals surface area contributed by atoms with E-state index in [1.165, 1.54) is 0 Å². The molecule has 2 unspecified atom stereocenters. The summed E-state index contributed by atoms with van der Waals surface area (Å²) in [6, 6.07) is 0.121. The average molecular weight is 217 g/mol. The van der Waals surface area contributed by atoms with Gasteiger partial charge in [0.2, 0.25) is 0 Å². The van der Waals surface area contributed by atoms with Crippen molar-refractivity contribution in [3.8, 4) is 0 Å². The van der Waals surface area contributed by atoms with Gasteiger partial charge < -0.3 is 10.8 Å². The van der Waals surface area contributed by atoms with Crippen molar-refractivity contribution in [1.29, 1.82) is 0 Å². The maximum atomic E-state index is 10.8. The van der Waals surface area contributed by atoms with Crippen molar-refractivity contribution < 1.29 is 9.90 Å². The van der Waals surface area contributed by atoms with Crippen LogP contribution in [0.1, 0.15) is 32.1 Å². The fourth-order valence-electron chi connectivity index (χ4n) is 2.23. The van der Waals surface area contributed by atoms with E-state index in [2.05, 4.69) is 12.6 Å². The Balaban J connectivity index is 2.36. The highest BCUT2D eigenvalue weighted by Crippen LogP contribution is 2.31. The summed E-state index contributed by atoms with van der Waals surface area (Å²) in [6.45, 7) is 0. The molecular formula is C10H19NO2S. The maximum absolute atomic E-state index is 10.8. The van der Waals surface area contributed by atoms with Gasteiger partial charge in [0, 0.05) is 11.8 Å². The lowest BCUT2D eigenvalue weighted by molar-refractivity contribution is -0.143. The van der Waals surface area contributed by atoms with E-state index in [0.29, 0.717) is 11.7 Å². The van der Waals surface area contributed by atoms with Crippen LogP contribution in [0.25, 0.3) is 0 Å². The molecule has 1 fully saturated rings. The minimum atomic E-state index is -0.644. The summed E-state index contributed by atoms with van der Waals surface area (Å²) in [6.07, 6.45) is 4.72. The predicted molar refractivity (Wildman–Crippen MR) is 59.5 cm³/mol. The van der Waals surface area contributed by atoms with Crippen LogP contribution in [0, 0.1) is 11.8 Å². The minimum Gasteiger partial charge on any atom is -0.481 e. The summed E-state index contributed by atoms with van der Waals surface area (Å²) < 4.78 is 0. The van der Waals surface area contributed by atoms with Crippen molar-refractivity contribution in [2.24, 2.45) is 17.6 Å². The van der Waals surface area contributed by atoms with Crippen molar-refractivity contribution in [1.82, 2.24) is 0 Å². The van der Waals surface area contributed by atoms with E-state index in [9.17, 15) is 4.79 Å². The molecule has 3 N–H and O–H groups in total. The Bertz CT molecular complexity index is 199. The Labute approximate surface area is 90.5 Å². The van der Waals surface area contributed by atoms with Crippen LogP contribution in [0.3, 0.4) is 0 Å². The fraction of sp³-hybridized carbons (Fsp3) is 0.900. The number of rotatable bonds is 4. The average Bonchev–Trinajstić information content (AvgIpc) is 2.18. The maximum Gasteiger partial charge on any atom is 0.306 e. The van der Waals surface area contributed by atoms with Crippen molar-refractivity contribution >= 4 is 18.6 Å². The van der Waals surface area contributed by atoms with Crippen molar-refractivity contribution in [3.63, 3.8) is 0 Å². The number of carboxylic acids is 1. The van der Waals surface area contributed by atoms with E-state index in [0.717, 1.165) is 32.1 Å². The second kappa shape index (κ2) is 5.61. The summed E-state index contributed by atoms with van der Waals surface area (Å²) in [4.78, 5) is 10.8. The van der Waals surface area contributed by atoms with Gasteiger partial charge in [0.05, 0.1) is 5.92 Å². The lowest BCUT2D eigenvalue weighted by Gasteiger charge is -2.28. The number of aliphatic carboxylic acids is 1. The highest BCUT2D eigenvalue weighted by atomic mass is 32.1. The largest absolute Gasteiger partial charge is 0.481 e. The molecule has 4 heteroatoms. The van der Waals surface area contributed by atoms with Gasteiger partial charge in [0.1, 0.15) is 0 Å². The van der Waals surface area contributed by atoms with E-state index in [-0.39, 0.29) is 12.0 Å². The normalized spacial score (nSPS) is 29.9. The summed E-state index contributed by atoms with van der Waals surface area (Å²) in [5.74, 6) is 0.399. The number of carbonyl (C=O) groups is 1. The van der Waals surface area contributed by atoms with Gasteiger partial charge >= 0.3 is 5.97 Å². The van der Waals surface area contributed by atoms with Crippen LogP contribution in [-0.4, -0.2) is 22.9 Å². The van der Waals surface area contributed by atoms with Crippen LogP contribution in [0.15, 0.2) is 0 Å². The molecule has 1 saturated carbocycles. The third-order valence-corrected chi connectivity index (χ3v) is 3.47. The van der Waals surface area contributed by atoms with E-state index >= 15 is 0 Å². The first-order chi connectivity index (χ1) is 6.63. The first kappa shape index (κ1) is 11.9. The first-order valence-electron chi connectivity index (χ1n) is 5.22. The smallest absolute Gasteiger partial charge is 0.306 e. The van der Waals surface area contributed by atoms with Crippen LogP contribution in [0.4, 0.5) is 0 Å². The van der Waals surface area contributed by atoms with Crippen LogP contribution >= 0.6 is 12.6 Å². The molecule has 0 aromatic rings. The molecule has 3 nitrogen and oxygen atoms in total. The highest BCUT2D eigenvalue weighted by Gasteiger charge is 2.27. The summed E-state index contributed by atoms with van der Waals surface area (Å²) in [5.41, 5.74) is 5.80. The number of thiol groups is 1. The molecule has 0 aromatic carbocycles. The van der Waals surface area contributed by atoms with Gasteiger partial charge in [-0.3, -0.25) is 4.79 Å². The molecule has 1 aliphatic carbocycles. The first-order valence-corrected chi connectivity index (χ1v) is 5.86. The van der Waals surface area contributed by atoms with E-state index in [1.807, 2.05) is 0 Å². The molecule has 0 bridgehead atoms. The van der Waals surface area contributed by atoms with Crippen LogP contribution in [-0.2, 0) is 4.79 Å². The van der Waals surface area contributed by atoms with Gasteiger partial charge in [0.15, 0.2) is 0 Å². The summed E-state index contributed by atoms with van der Waals surface area (Å²) in [5, 5.41) is 8.90. The molecule has 82 valence electrons. The molecular weight excluding hydrogens is 198 g/mol. The van der Waals surface area contributed by atoms with Gasteiger partial charge in [-0.25, -0.2) is 0 Å². The topological polar surface area (TPSA) is 63.3 Å². The number of hydrogen-bond donors (Lipinski definition) is 3. The Kier molecular flexibility index (Phi) is 4.75. The molecule has 3 atom stereocenters. The molecule has 0 spiro atoms. The zero-order valence-corrected chi connectivity index (χ0v) is 9.25. The molecule has 0 aromatic heterocycles. The number of carboxylic acid groups (broad SMARTS) is 1. The van der Waals surface area contributed by atoms with E-state index < -0.39 is 5.97 Å². The van der Waals surface area contributed by atoms with E-state index in [1.54, 1.807) is 0 Å². The molecule has 0 radical (unpaired) electrons. The zero-order chi connectivity index (χ0) is 10.6. The molecule has 1 rings (SSSR count). The second-order valence-corrected chi connectivity index (χ2v) is 4.61. The standard InChI is InChI=1S/C10H19NO2S/c11-9(6-14)5-7-2-1-3-8(4-7)10(12)13/h7-9,14H,1-6,11H2,(H,12,13)/t7?,8?,9-/m1/s1. The van der Waals surface area contributed by atoms with Crippen molar-refractivity contribution in [3.05, 3.63) is 0 Å². The molecule has 1 aliphatic rings. The van der Waals surface area contributed by atoms with Crippen molar-refractivity contribution in [2.75, 3.05) is 5.75 Å². The van der Waals surface area contributed by atoms with Gasteiger partial charge in [0.25, 0.3) is 0 Å². The number of hydrogen-bond acceptors (Lipinski definition) is 3. The van der Waals surface area contributed by atoms with Gasteiger partial charge in [-0.1, -0.05) is 12.8 Å². The molecule has 0 amide bonds. The zero-order valence-electron chi connectivity index (χ0n) is 8.35. The quantitative estimate of drug-likeness (QED) is 0.626. The monoisotopic (exact) mass is 217 g/mol. The predicted octanol–water partition coefficient (Wildman–Crippen LogP) is 1.52. The minimum absolute atomic E-state index is 0.121. The fourth-order valence-corrected chi connectivity index (χ4v) is 2.38. The Hall–Kier alpha value is -0.220. The van der Waals surface area contributed by atoms with Gasteiger partial charge in [-0.15, -0.1) is 0 Å². The molecule has 0 saturated heterocycles. The molecule has 0 heterocycles. The third kappa shape index (κ3) is 3.50. The van der Waals surface area contributed by atoms with Crippen LogP contribution in [0.2, 0.25) is 0 Å². The number of nitrogens with two attached hydrogens (primary N) is 1. The SMILES string of the molecule is N[C@@H](CS)CC1CCCC(C(=O)O)C1. The van der Waals surface area contributed by atoms with Crippen LogP contribution < -0.4 is 5.73 Å². The third-order valence-electron chi connectivity index (χ3n) is 3.00. The highest BCUT2D eigenvalue weighted by molar-refractivity contribution is 7.80.